The minimum absolute atomic E-state index is 0.279. The van der Waals surface area contributed by atoms with Gasteiger partial charge in [-0.05, 0) is 38.5 Å². The quantitative estimate of drug-likeness (QED) is 0.165. The lowest BCUT2D eigenvalue weighted by atomic mass is 9.91. The van der Waals surface area contributed by atoms with E-state index in [9.17, 15) is 15.0 Å². The third-order valence-corrected chi connectivity index (χ3v) is 5.45. The highest BCUT2D eigenvalue weighted by Crippen LogP contribution is 2.22. The average molecular weight is 428 g/mol. The number of rotatable bonds is 21. The Labute approximate surface area is 185 Å². The number of allylic oxidation sites excluding steroid dienone is 2. The molecule has 5 nitrogen and oxygen atoms in total. The van der Waals surface area contributed by atoms with Gasteiger partial charge in [-0.1, -0.05) is 69.9 Å². The zero-order valence-electron chi connectivity index (χ0n) is 20.0. The summed E-state index contributed by atoms with van der Waals surface area (Å²) in [6, 6.07) is 0. The molecule has 0 rings (SSSR count). The fraction of sp³-hybridized carbons (Fsp3) is 0.880. The van der Waals surface area contributed by atoms with Crippen molar-refractivity contribution in [3.8, 4) is 0 Å². The van der Waals surface area contributed by atoms with E-state index in [0.717, 1.165) is 38.5 Å². The van der Waals surface area contributed by atoms with Crippen molar-refractivity contribution in [2.45, 2.75) is 108 Å². The Bertz CT molecular complexity index is 445. The molecule has 0 aromatic rings. The number of quaternary nitrogens is 1. The van der Waals surface area contributed by atoms with E-state index in [1.54, 1.807) is 0 Å². The van der Waals surface area contributed by atoms with Crippen LogP contribution in [0.25, 0.3) is 0 Å². The molecule has 0 bridgehead atoms. The van der Waals surface area contributed by atoms with Crippen LogP contribution in [0.2, 0.25) is 0 Å². The number of likely N-dealkylation sites (N-methyl/N-ethyl adjacent to an activating group) is 1. The third-order valence-electron chi connectivity index (χ3n) is 5.45. The maximum Gasteiger partial charge on any atom is 0.119 e. The first-order chi connectivity index (χ1) is 14.2. The van der Waals surface area contributed by atoms with Gasteiger partial charge in [-0.15, -0.1) is 0 Å². The van der Waals surface area contributed by atoms with Gasteiger partial charge in [0.1, 0.15) is 12.1 Å². The fourth-order valence-corrected chi connectivity index (χ4v) is 4.12. The molecule has 0 saturated carbocycles. The van der Waals surface area contributed by atoms with E-state index < -0.39 is 11.6 Å². The Morgan fingerprint density at radius 1 is 0.800 bits per heavy atom. The Hall–Kier alpha value is -0.910. The number of carbonyl (C=O) groups excluding carboxylic acids is 1. The second-order valence-electron chi connectivity index (χ2n) is 9.99. The number of aliphatic hydroxyl groups is 2. The molecule has 178 valence electrons. The first kappa shape index (κ1) is 29.1. The van der Waals surface area contributed by atoms with Gasteiger partial charge in [0.25, 0.3) is 0 Å². The van der Waals surface area contributed by atoms with Crippen molar-refractivity contribution in [1.29, 1.82) is 0 Å². The number of carboxylic acids is 1. The van der Waals surface area contributed by atoms with Crippen molar-refractivity contribution < 1.29 is 24.6 Å². The van der Waals surface area contributed by atoms with Crippen molar-refractivity contribution in [3.05, 3.63) is 12.2 Å². The summed E-state index contributed by atoms with van der Waals surface area (Å²) in [5, 5.41) is 30.4. The minimum Gasteiger partial charge on any atom is -0.550 e. The van der Waals surface area contributed by atoms with Gasteiger partial charge >= 0.3 is 0 Å². The van der Waals surface area contributed by atoms with Crippen LogP contribution in [0.15, 0.2) is 12.2 Å². The third kappa shape index (κ3) is 20.4. The monoisotopic (exact) mass is 427 g/mol. The summed E-state index contributed by atoms with van der Waals surface area (Å²) in [6.07, 6.45) is 21.1. The Kier molecular flexibility index (Phi) is 17.2. The Balaban J connectivity index is 3.62. The zero-order valence-corrected chi connectivity index (χ0v) is 20.0. The van der Waals surface area contributed by atoms with Crippen molar-refractivity contribution in [2.75, 3.05) is 34.3 Å². The van der Waals surface area contributed by atoms with Crippen molar-refractivity contribution in [1.82, 2.24) is 0 Å². The molecule has 0 aromatic carbocycles. The first-order valence-corrected chi connectivity index (χ1v) is 12.2. The molecule has 0 aliphatic carbocycles. The number of aliphatic hydroxyl groups excluding tert-OH is 1. The fourth-order valence-electron chi connectivity index (χ4n) is 4.12. The number of carbonyl (C=O) groups is 1. The first-order valence-electron chi connectivity index (χ1n) is 12.2. The predicted molar refractivity (Wildman–Crippen MR) is 123 cm³/mol. The molecule has 1 unspecified atom stereocenters. The second-order valence-corrected chi connectivity index (χ2v) is 9.99. The van der Waals surface area contributed by atoms with Gasteiger partial charge in [0.05, 0.1) is 21.1 Å². The lowest BCUT2D eigenvalue weighted by molar-refractivity contribution is -0.877. The van der Waals surface area contributed by atoms with Crippen LogP contribution >= 0.6 is 0 Å². The van der Waals surface area contributed by atoms with Gasteiger partial charge in [0.2, 0.25) is 0 Å². The highest BCUT2D eigenvalue weighted by atomic mass is 16.4. The SMILES string of the molecule is C[N+](C)(C)CC(O)(CCCCCCCC/C=C\CCCCCCCCO)CC(=O)[O-]. The Morgan fingerprint density at radius 3 is 1.67 bits per heavy atom. The van der Waals surface area contributed by atoms with Crippen LogP contribution in [0, 0.1) is 0 Å². The molecule has 0 spiro atoms. The van der Waals surface area contributed by atoms with E-state index >= 15 is 0 Å². The van der Waals surface area contributed by atoms with E-state index in [-0.39, 0.29) is 6.42 Å². The van der Waals surface area contributed by atoms with Gasteiger partial charge in [-0.3, -0.25) is 0 Å². The summed E-state index contributed by atoms with van der Waals surface area (Å²) in [4.78, 5) is 11.0. The molecule has 1 atom stereocenters. The topological polar surface area (TPSA) is 80.6 Å². The lowest BCUT2D eigenvalue weighted by Crippen LogP contribution is -2.51. The van der Waals surface area contributed by atoms with Gasteiger partial charge < -0.3 is 24.6 Å². The molecule has 0 fully saturated rings. The number of carboxylic acid groups (broad SMARTS) is 1. The van der Waals surface area contributed by atoms with E-state index in [0.29, 0.717) is 24.1 Å². The van der Waals surface area contributed by atoms with E-state index in [1.807, 2.05) is 21.1 Å². The van der Waals surface area contributed by atoms with Crippen LogP contribution in [0.3, 0.4) is 0 Å². The van der Waals surface area contributed by atoms with Crippen molar-refractivity contribution >= 4 is 5.97 Å². The highest BCUT2D eigenvalue weighted by Gasteiger charge is 2.33. The van der Waals surface area contributed by atoms with Crippen molar-refractivity contribution in [3.63, 3.8) is 0 Å². The van der Waals surface area contributed by atoms with E-state index in [1.165, 1.54) is 51.4 Å². The van der Waals surface area contributed by atoms with Gasteiger partial charge in [-0.25, -0.2) is 0 Å². The van der Waals surface area contributed by atoms with Crippen LogP contribution in [0.1, 0.15) is 103 Å². The summed E-state index contributed by atoms with van der Waals surface area (Å²) in [5.74, 6) is -1.17. The molecule has 5 heteroatoms. The van der Waals surface area contributed by atoms with Crippen LogP contribution in [0.5, 0.6) is 0 Å². The number of unbranched alkanes of at least 4 members (excludes halogenated alkanes) is 12. The maximum atomic E-state index is 11.0. The molecule has 0 heterocycles. The number of hydrogen-bond donors (Lipinski definition) is 2. The summed E-state index contributed by atoms with van der Waals surface area (Å²) in [7, 11) is 5.90. The zero-order chi connectivity index (χ0) is 22.7. The maximum absolute atomic E-state index is 11.0. The Morgan fingerprint density at radius 2 is 1.23 bits per heavy atom. The normalized spacial score (nSPS) is 14.3. The predicted octanol–water partition coefficient (Wildman–Crippen LogP) is 3.96. The molecular formula is C25H49NO4. The van der Waals surface area contributed by atoms with Gasteiger partial charge in [-0.2, -0.15) is 0 Å². The minimum atomic E-state index is -1.17. The second kappa shape index (κ2) is 17.7. The molecule has 0 amide bonds. The summed E-state index contributed by atoms with van der Waals surface area (Å²) >= 11 is 0. The molecule has 0 aromatic heterocycles. The van der Waals surface area contributed by atoms with Crippen LogP contribution in [0.4, 0.5) is 0 Å². The molecule has 30 heavy (non-hydrogen) atoms. The van der Waals surface area contributed by atoms with Crippen LogP contribution in [-0.4, -0.2) is 60.6 Å². The summed E-state index contributed by atoms with van der Waals surface area (Å²) < 4.78 is 0.544. The van der Waals surface area contributed by atoms with Crippen LogP contribution < -0.4 is 5.11 Å². The standard InChI is InChI=1S/C25H49NO4/c1-26(2,3)23-25(30,22-24(28)29)20-18-16-14-12-10-8-6-4-5-7-9-11-13-15-17-19-21-27/h4-5,27,30H,6-23H2,1-3H3/b5-4-. The number of aliphatic carboxylic acids is 1. The van der Waals surface area contributed by atoms with Crippen molar-refractivity contribution in [2.24, 2.45) is 0 Å². The van der Waals surface area contributed by atoms with Gasteiger partial charge in [0, 0.05) is 19.0 Å². The molecule has 0 aliphatic rings. The van der Waals surface area contributed by atoms with Crippen LogP contribution in [-0.2, 0) is 4.79 Å². The molecule has 0 aliphatic heterocycles. The number of nitrogens with zero attached hydrogens (tertiary/aromatic N) is 1. The summed E-state index contributed by atoms with van der Waals surface area (Å²) in [6.45, 7) is 0.755. The van der Waals surface area contributed by atoms with E-state index in [4.69, 9.17) is 5.11 Å². The molecule has 0 saturated heterocycles. The molecular weight excluding hydrogens is 378 g/mol. The highest BCUT2D eigenvalue weighted by molar-refractivity contribution is 5.65. The molecule has 0 radical (unpaired) electrons. The lowest BCUT2D eigenvalue weighted by Gasteiger charge is -2.36. The number of hydrogen-bond acceptors (Lipinski definition) is 4. The average Bonchev–Trinajstić information content (AvgIpc) is 2.62. The summed E-state index contributed by atoms with van der Waals surface area (Å²) in [5.41, 5.74) is -1.17. The van der Waals surface area contributed by atoms with E-state index in [2.05, 4.69) is 12.2 Å². The van der Waals surface area contributed by atoms with Gasteiger partial charge in [0.15, 0.2) is 0 Å². The largest absolute Gasteiger partial charge is 0.550 e. The molecule has 2 N–H and O–H groups in total. The smallest absolute Gasteiger partial charge is 0.119 e.